The minimum atomic E-state index is -0.455. The number of aromatic nitrogens is 3. The van der Waals surface area contributed by atoms with Crippen LogP contribution in [0.2, 0.25) is 0 Å². The monoisotopic (exact) mass is 597 g/mol. The largest absolute Gasteiger partial charge is 0.494 e. The van der Waals surface area contributed by atoms with E-state index in [-0.39, 0.29) is 17.4 Å². The van der Waals surface area contributed by atoms with Crippen LogP contribution in [0.3, 0.4) is 0 Å². The standard InChI is InChI=1S/C33H39N7O4/c1-7-30(41)35-25-16-26(29(43-6)17-28(25)39(4)15-14-38(2)3)36-33-34-18-23(32(42)44-20-21-12-13-21)31(37-33)24-19-40(5)27-11-9-8-10-22(24)27/h7-11,16-19,21H,1,12-15,20H2,2-6H3,(H,35,41)(H,34,36,37). The van der Waals surface area contributed by atoms with E-state index < -0.39 is 5.97 Å². The molecule has 44 heavy (non-hydrogen) atoms. The average Bonchev–Trinajstić information content (AvgIpc) is 3.80. The van der Waals surface area contributed by atoms with Gasteiger partial charge in [-0.05, 0) is 51.1 Å². The molecule has 0 saturated heterocycles. The summed E-state index contributed by atoms with van der Waals surface area (Å²) in [5, 5.41) is 7.11. The fourth-order valence-corrected chi connectivity index (χ4v) is 4.91. The van der Waals surface area contributed by atoms with Crippen molar-refractivity contribution in [2.75, 3.05) is 63.5 Å². The highest BCUT2D eigenvalue weighted by Crippen LogP contribution is 2.39. The van der Waals surface area contributed by atoms with Gasteiger partial charge < -0.3 is 34.5 Å². The summed E-state index contributed by atoms with van der Waals surface area (Å²) in [6.45, 7) is 5.51. The molecule has 4 aromatic rings. The number of hydrogen-bond acceptors (Lipinski definition) is 9. The number of amides is 1. The molecule has 0 radical (unpaired) electrons. The van der Waals surface area contributed by atoms with Crippen molar-refractivity contribution in [1.29, 1.82) is 0 Å². The third-order valence-corrected chi connectivity index (χ3v) is 7.61. The Morgan fingerprint density at radius 3 is 2.61 bits per heavy atom. The molecule has 0 spiro atoms. The third-order valence-electron chi connectivity index (χ3n) is 7.61. The van der Waals surface area contributed by atoms with E-state index in [0.717, 1.165) is 48.1 Å². The summed E-state index contributed by atoms with van der Waals surface area (Å²) in [5.74, 6) is 0.404. The highest BCUT2D eigenvalue weighted by molar-refractivity contribution is 6.03. The predicted octanol–water partition coefficient (Wildman–Crippen LogP) is 5.08. The van der Waals surface area contributed by atoms with Crippen molar-refractivity contribution in [3.8, 4) is 17.0 Å². The maximum absolute atomic E-state index is 13.3. The number of hydrogen-bond donors (Lipinski definition) is 2. The van der Waals surface area contributed by atoms with E-state index in [9.17, 15) is 9.59 Å². The van der Waals surface area contributed by atoms with Crippen LogP contribution in [-0.2, 0) is 16.6 Å². The highest BCUT2D eigenvalue weighted by atomic mass is 16.5. The zero-order chi connectivity index (χ0) is 31.4. The van der Waals surface area contributed by atoms with E-state index in [4.69, 9.17) is 14.5 Å². The van der Waals surface area contributed by atoms with Crippen LogP contribution in [-0.4, -0.2) is 79.3 Å². The molecule has 0 unspecified atom stereocenters. The van der Waals surface area contributed by atoms with Gasteiger partial charge in [0.2, 0.25) is 11.9 Å². The summed E-state index contributed by atoms with van der Waals surface area (Å²) in [5.41, 5.74) is 4.41. The molecule has 11 nitrogen and oxygen atoms in total. The Morgan fingerprint density at radius 2 is 1.91 bits per heavy atom. The molecule has 2 aromatic carbocycles. The van der Waals surface area contributed by atoms with Crippen LogP contribution in [0.4, 0.5) is 23.0 Å². The normalized spacial score (nSPS) is 12.7. The quantitative estimate of drug-likeness (QED) is 0.161. The molecular formula is C33H39N7O4. The number of carbonyl (C=O) groups excluding carboxylic acids is 2. The Morgan fingerprint density at radius 1 is 1.14 bits per heavy atom. The number of nitrogens with zero attached hydrogens (tertiary/aromatic N) is 5. The molecule has 11 heteroatoms. The van der Waals surface area contributed by atoms with Crippen molar-refractivity contribution in [2.45, 2.75) is 12.8 Å². The van der Waals surface area contributed by atoms with Gasteiger partial charge in [-0.1, -0.05) is 24.8 Å². The summed E-state index contributed by atoms with van der Waals surface area (Å²) in [6.07, 6.45) is 6.82. The van der Waals surface area contributed by atoms with Crippen molar-refractivity contribution >= 4 is 45.8 Å². The minimum Gasteiger partial charge on any atom is -0.494 e. The van der Waals surface area contributed by atoms with Gasteiger partial charge >= 0.3 is 5.97 Å². The van der Waals surface area contributed by atoms with E-state index in [1.807, 2.05) is 74.2 Å². The van der Waals surface area contributed by atoms with Crippen LogP contribution >= 0.6 is 0 Å². The van der Waals surface area contributed by atoms with Crippen molar-refractivity contribution in [3.63, 3.8) is 0 Å². The van der Waals surface area contributed by atoms with Gasteiger partial charge in [-0.15, -0.1) is 0 Å². The molecule has 230 valence electrons. The average molecular weight is 598 g/mol. The van der Waals surface area contributed by atoms with Gasteiger partial charge in [0.15, 0.2) is 0 Å². The number of carbonyl (C=O) groups is 2. The molecule has 1 fully saturated rings. The van der Waals surface area contributed by atoms with Crippen LogP contribution in [0.15, 0.2) is 61.4 Å². The molecule has 0 atom stereocenters. The fourth-order valence-electron chi connectivity index (χ4n) is 4.91. The van der Waals surface area contributed by atoms with Gasteiger partial charge in [0, 0.05) is 62.1 Å². The first-order valence-electron chi connectivity index (χ1n) is 14.6. The summed E-state index contributed by atoms with van der Waals surface area (Å²) < 4.78 is 13.4. The second-order valence-electron chi connectivity index (χ2n) is 11.3. The molecule has 0 aliphatic heterocycles. The van der Waals surface area contributed by atoms with Crippen LogP contribution < -0.4 is 20.3 Å². The molecule has 5 rings (SSSR count). The van der Waals surface area contributed by atoms with Crippen molar-refractivity contribution < 1.29 is 19.1 Å². The zero-order valence-corrected chi connectivity index (χ0v) is 25.9. The number of anilines is 4. The second kappa shape index (κ2) is 13.2. The molecule has 1 aliphatic carbocycles. The number of methoxy groups -OCH3 is 1. The Labute approximate surface area is 257 Å². The first-order valence-corrected chi connectivity index (χ1v) is 14.6. The Bertz CT molecular complexity index is 1690. The molecular weight excluding hydrogens is 558 g/mol. The van der Waals surface area contributed by atoms with Gasteiger partial charge in [-0.3, -0.25) is 4.79 Å². The molecule has 2 aromatic heterocycles. The number of rotatable bonds is 13. The number of para-hydroxylation sites is 1. The number of fused-ring (bicyclic) bond motifs is 1. The summed E-state index contributed by atoms with van der Waals surface area (Å²) >= 11 is 0. The van der Waals surface area contributed by atoms with E-state index in [1.165, 1.54) is 12.3 Å². The number of benzene rings is 2. The highest BCUT2D eigenvalue weighted by Gasteiger charge is 2.26. The van der Waals surface area contributed by atoms with E-state index in [1.54, 1.807) is 13.2 Å². The first kappa shape index (κ1) is 30.6. The van der Waals surface area contributed by atoms with Gasteiger partial charge in [0.25, 0.3) is 0 Å². The Hall–Kier alpha value is -4.90. The molecule has 2 heterocycles. The topological polar surface area (TPSA) is 114 Å². The third kappa shape index (κ3) is 6.84. The summed E-state index contributed by atoms with van der Waals surface area (Å²) in [4.78, 5) is 39.1. The molecule has 0 bridgehead atoms. The van der Waals surface area contributed by atoms with Crippen LogP contribution in [0.5, 0.6) is 5.75 Å². The Balaban J connectivity index is 1.56. The predicted molar refractivity (Wildman–Crippen MR) is 174 cm³/mol. The maximum atomic E-state index is 13.3. The lowest BCUT2D eigenvalue weighted by Crippen LogP contribution is -2.29. The summed E-state index contributed by atoms with van der Waals surface area (Å²) in [7, 11) is 9.50. The number of likely N-dealkylation sites (N-methyl/N-ethyl adjacent to an activating group) is 2. The summed E-state index contributed by atoms with van der Waals surface area (Å²) in [6, 6.07) is 11.6. The lowest BCUT2D eigenvalue weighted by Gasteiger charge is -2.26. The van der Waals surface area contributed by atoms with Gasteiger partial charge in [0.1, 0.15) is 11.3 Å². The van der Waals surface area contributed by atoms with E-state index in [2.05, 4.69) is 27.1 Å². The minimum absolute atomic E-state index is 0.250. The van der Waals surface area contributed by atoms with Gasteiger partial charge in [-0.2, -0.15) is 0 Å². The fraction of sp³-hybridized carbons (Fsp3) is 0.333. The second-order valence-corrected chi connectivity index (χ2v) is 11.3. The zero-order valence-electron chi connectivity index (χ0n) is 25.9. The lowest BCUT2D eigenvalue weighted by molar-refractivity contribution is -0.111. The van der Waals surface area contributed by atoms with Crippen molar-refractivity contribution in [2.24, 2.45) is 13.0 Å². The smallest absolute Gasteiger partial charge is 0.341 e. The van der Waals surface area contributed by atoms with Crippen molar-refractivity contribution in [3.05, 3.63) is 67.0 Å². The Kier molecular flexibility index (Phi) is 9.15. The van der Waals surface area contributed by atoms with Gasteiger partial charge in [-0.25, -0.2) is 14.8 Å². The van der Waals surface area contributed by atoms with Gasteiger partial charge in [0.05, 0.1) is 36.5 Å². The SMILES string of the molecule is C=CC(=O)Nc1cc(Nc2ncc(C(=O)OCC3CC3)c(-c3cn(C)c4ccccc34)n2)c(OC)cc1N(C)CCN(C)C. The van der Waals surface area contributed by atoms with Crippen LogP contribution in [0.25, 0.3) is 22.2 Å². The number of aryl methyl sites for hydroxylation is 1. The van der Waals surface area contributed by atoms with E-state index in [0.29, 0.717) is 35.3 Å². The van der Waals surface area contributed by atoms with Crippen molar-refractivity contribution in [1.82, 2.24) is 19.4 Å². The number of esters is 1. The number of ether oxygens (including phenoxy) is 2. The van der Waals surface area contributed by atoms with Crippen LogP contribution in [0, 0.1) is 5.92 Å². The molecule has 1 aliphatic rings. The molecule has 1 amide bonds. The van der Waals surface area contributed by atoms with E-state index >= 15 is 0 Å². The maximum Gasteiger partial charge on any atom is 0.341 e. The molecule has 2 N–H and O–H groups in total. The number of nitrogens with one attached hydrogen (secondary N) is 2. The first-order chi connectivity index (χ1) is 21.2. The lowest BCUT2D eigenvalue weighted by atomic mass is 10.1. The van der Waals surface area contributed by atoms with Crippen LogP contribution in [0.1, 0.15) is 23.2 Å². The molecule has 1 saturated carbocycles.